The molecule has 0 aliphatic heterocycles. The predicted octanol–water partition coefficient (Wildman–Crippen LogP) is 3.50. The Labute approximate surface area is 202 Å². The van der Waals surface area contributed by atoms with Crippen molar-refractivity contribution in [3.8, 4) is 11.3 Å². The summed E-state index contributed by atoms with van der Waals surface area (Å²) in [6, 6.07) is 7.26. The van der Waals surface area contributed by atoms with Crippen LogP contribution in [0.4, 0.5) is 19.1 Å². The maximum atomic E-state index is 13.9. The van der Waals surface area contributed by atoms with Gasteiger partial charge in [-0.1, -0.05) is 12.1 Å². The van der Waals surface area contributed by atoms with Gasteiger partial charge in [0.2, 0.25) is 11.9 Å². The van der Waals surface area contributed by atoms with Crippen molar-refractivity contribution >= 4 is 22.9 Å². The highest BCUT2D eigenvalue weighted by atomic mass is 19.3. The van der Waals surface area contributed by atoms with Gasteiger partial charge in [-0.05, 0) is 30.7 Å². The molecule has 1 amide bonds. The zero-order valence-electron chi connectivity index (χ0n) is 19.2. The fourth-order valence-electron chi connectivity index (χ4n) is 3.88. The van der Waals surface area contributed by atoms with Gasteiger partial charge in [0.25, 0.3) is 6.43 Å². The Kier molecular flexibility index (Phi) is 5.96. The molecule has 0 saturated carbocycles. The molecule has 4 heterocycles. The van der Waals surface area contributed by atoms with Crippen molar-refractivity contribution < 1.29 is 18.0 Å². The molecule has 0 saturated heterocycles. The Hall–Kier alpha value is -4.55. The first-order valence-electron chi connectivity index (χ1n) is 10.9. The first kappa shape index (κ1) is 23.2. The fourth-order valence-corrected chi connectivity index (χ4v) is 3.88. The number of aromatic nitrogens is 8. The number of hydrogen-bond acceptors (Lipinski definition) is 6. The maximum absolute atomic E-state index is 13.9. The van der Waals surface area contributed by atoms with Gasteiger partial charge in [0.15, 0.2) is 5.65 Å². The highest BCUT2D eigenvalue weighted by Gasteiger charge is 2.22. The first-order chi connectivity index (χ1) is 17.3. The molecular weight excluding hydrogens is 475 g/mol. The van der Waals surface area contributed by atoms with E-state index in [9.17, 15) is 18.0 Å². The SMILES string of the molecule is Cc1nn(CC(=O)Nc2ncn(Cc3ccc(F)cc3)n2)c2nc(-c3cnn(C)c3)cc(C(F)F)c12. The normalized spacial score (nSPS) is 11.5. The molecule has 4 aromatic heterocycles. The minimum absolute atomic E-state index is 0.0626. The molecular formula is C23H20F3N9O. The third kappa shape index (κ3) is 4.67. The summed E-state index contributed by atoms with van der Waals surface area (Å²) < 4.78 is 45.2. The van der Waals surface area contributed by atoms with E-state index in [1.165, 1.54) is 40.1 Å². The van der Waals surface area contributed by atoms with Crippen LogP contribution in [0.3, 0.4) is 0 Å². The van der Waals surface area contributed by atoms with E-state index in [1.54, 1.807) is 37.0 Å². The maximum Gasteiger partial charge on any atom is 0.264 e. The number of aryl methyl sites for hydroxylation is 2. The Bertz CT molecular complexity index is 1550. The van der Waals surface area contributed by atoms with Crippen LogP contribution in [-0.4, -0.2) is 45.2 Å². The lowest BCUT2D eigenvalue weighted by Crippen LogP contribution is -2.20. The van der Waals surface area contributed by atoms with Gasteiger partial charge in [0.1, 0.15) is 18.7 Å². The van der Waals surface area contributed by atoms with Gasteiger partial charge in [-0.15, -0.1) is 5.10 Å². The number of carbonyl (C=O) groups is 1. The Morgan fingerprint density at radius 1 is 1.17 bits per heavy atom. The number of rotatable bonds is 7. The smallest absolute Gasteiger partial charge is 0.264 e. The van der Waals surface area contributed by atoms with Crippen LogP contribution in [0.2, 0.25) is 0 Å². The van der Waals surface area contributed by atoms with Crippen molar-refractivity contribution in [1.82, 2.24) is 39.3 Å². The van der Waals surface area contributed by atoms with Crippen LogP contribution in [0.5, 0.6) is 0 Å². The zero-order chi connectivity index (χ0) is 25.4. The van der Waals surface area contributed by atoms with E-state index in [0.29, 0.717) is 23.5 Å². The molecule has 0 spiro atoms. The van der Waals surface area contributed by atoms with Crippen LogP contribution in [0.25, 0.3) is 22.3 Å². The Morgan fingerprint density at radius 2 is 1.94 bits per heavy atom. The summed E-state index contributed by atoms with van der Waals surface area (Å²) in [6.07, 6.45) is 1.86. The molecule has 0 aliphatic carbocycles. The summed E-state index contributed by atoms with van der Waals surface area (Å²) in [5.41, 5.74) is 1.95. The lowest BCUT2D eigenvalue weighted by atomic mass is 10.1. The van der Waals surface area contributed by atoms with Gasteiger partial charge in [-0.3, -0.25) is 14.8 Å². The van der Waals surface area contributed by atoms with Gasteiger partial charge >= 0.3 is 0 Å². The highest BCUT2D eigenvalue weighted by molar-refractivity contribution is 5.91. The quantitative estimate of drug-likeness (QED) is 0.370. The van der Waals surface area contributed by atoms with E-state index in [4.69, 9.17) is 0 Å². The number of alkyl halides is 2. The average Bonchev–Trinajstić information content (AvgIpc) is 3.54. The summed E-state index contributed by atoms with van der Waals surface area (Å²) in [4.78, 5) is 21.3. The molecule has 1 aromatic carbocycles. The number of halogens is 3. The van der Waals surface area contributed by atoms with E-state index in [-0.39, 0.29) is 34.9 Å². The topological polar surface area (TPSA) is 108 Å². The molecule has 0 aliphatic rings. The largest absolute Gasteiger partial charge is 0.292 e. The van der Waals surface area contributed by atoms with E-state index < -0.39 is 12.3 Å². The third-order valence-corrected chi connectivity index (χ3v) is 5.48. The van der Waals surface area contributed by atoms with Crippen LogP contribution in [0, 0.1) is 12.7 Å². The standard InChI is InChI=1S/C23H20F3N9O/c1-13-20-17(21(25)26)7-18(15-8-28-33(2)10-15)29-22(20)35(31-13)11-19(36)30-23-27-12-34(32-23)9-14-3-5-16(24)6-4-14/h3-8,10,12,21H,9,11H2,1-2H3,(H,30,32,36). The monoisotopic (exact) mass is 495 g/mol. The molecule has 36 heavy (non-hydrogen) atoms. The summed E-state index contributed by atoms with van der Waals surface area (Å²) in [5.74, 6) is -0.784. The van der Waals surface area contributed by atoms with Crippen LogP contribution in [0.1, 0.15) is 23.2 Å². The van der Waals surface area contributed by atoms with Gasteiger partial charge in [-0.25, -0.2) is 32.5 Å². The second kappa shape index (κ2) is 9.24. The molecule has 10 nitrogen and oxygen atoms in total. The van der Waals surface area contributed by atoms with Gasteiger partial charge in [-0.2, -0.15) is 10.2 Å². The molecule has 0 unspecified atom stereocenters. The number of fused-ring (bicyclic) bond motifs is 1. The molecule has 0 fully saturated rings. The third-order valence-electron chi connectivity index (χ3n) is 5.48. The van der Waals surface area contributed by atoms with Gasteiger partial charge in [0, 0.05) is 24.4 Å². The van der Waals surface area contributed by atoms with Crippen molar-refractivity contribution in [3.05, 3.63) is 71.7 Å². The second-order valence-electron chi connectivity index (χ2n) is 8.18. The summed E-state index contributed by atoms with van der Waals surface area (Å²) in [7, 11) is 1.71. The van der Waals surface area contributed by atoms with Crippen LogP contribution < -0.4 is 5.32 Å². The molecule has 13 heteroatoms. The van der Waals surface area contributed by atoms with Crippen molar-refractivity contribution in [2.24, 2.45) is 7.05 Å². The van der Waals surface area contributed by atoms with E-state index in [0.717, 1.165) is 5.56 Å². The number of amides is 1. The van der Waals surface area contributed by atoms with Gasteiger partial charge in [0.05, 0.1) is 29.5 Å². The van der Waals surface area contributed by atoms with Gasteiger partial charge < -0.3 is 0 Å². The average molecular weight is 495 g/mol. The summed E-state index contributed by atoms with van der Waals surface area (Å²) in [5, 5.41) is 15.3. The minimum atomic E-state index is -2.76. The number of anilines is 1. The minimum Gasteiger partial charge on any atom is -0.292 e. The van der Waals surface area contributed by atoms with Crippen LogP contribution in [0.15, 0.2) is 49.1 Å². The predicted molar refractivity (Wildman–Crippen MR) is 124 cm³/mol. The fraction of sp³-hybridized carbons (Fsp3) is 0.217. The lowest BCUT2D eigenvalue weighted by Gasteiger charge is -2.07. The number of carbonyl (C=O) groups excluding carboxylic acids is 1. The number of pyridine rings is 1. The summed E-state index contributed by atoms with van der Waals surface area (Å²) >= 11 is 0. The Morgan fingerprint density at radius 3 is 2.64 bits per heavy atom. The second-order valence-corrected chi connectivity index (χ2v) is 8.18. The Balaban J connectivity index is 1.38. The zero-order valence-corrected chi connectivity index (χ0v) is 19.2. The first-order valence-corrected chi connectivity index (χ1v) is 10.9. The molecule has 5 rings (SSSR count). The van der Waals surface area contributed by atoms with Crippen molar-refractivity contribution in [3.63, 3.8) is 0 Å². The molecule has 0 bridgehead atoms. The number of nitrogens with one attached hydrogen (secondary N) is 1. The number of benzene rings is 1. The van der Waals surface area contributed by atoms with E-state index in [2.05, 4.69) is 30.6 Å². The molecule has 184 valence electrons. The van der Waals surface area contributed by atoms with E-state index in [1.807, 2.05) is 0 Å². The van der Waals surface area contributed by atoms with Crippen LogP contribution in [-0.2, 0) is 24.9 Å². The lowest BCUT2D eigenvalue weighted by molar-refractivity contribution is -0.116. The molecule has 1 N–H and O–H groups in total. The van der Waals surface area contributed by atoms with Crippen molar-refractivity contribution in [2.75, 3.05) is 5.32 Å². The van der Waals surface area contributed by atoms with Crippen LogP contribution >= 0.6 is 0 Å². The van der Waals surface area contributed by atoms with Crippen molar-refractivity contribution in [1.29, 1.82) is 0 Å². The molecule has 0 atom stereocenters. The molecule has 5 aromatic rings. The van der Waals surface area contributed by atoms with Crippen molar-refractivity contribution in [2.45, 2.75) is 26.4 Å². The van der Waals surface area contributed by atoms with E-state index >= 15 is 0 Å². The summed E-state index contributed by atoms with van der Waals surface area (Å²) in [6.45, 7) is 1.64. The number of hydrogen-bond donors (Lipinski definition) is 1. The number of nitrogens with zero attached hydrogens (tertiary/aromatic N) is 8. The molecule has 0 radical (unpaired) electrons. The highest BCUT2D eigenvalue weighted by Crippen LogP contribution is 2.32.